The topological polar surface area (TPSA) is 114 Å². The summed E-state index contributed by atoms with van der Waals surface area (Å²) in [6.07, 6.45) is 1.38. The predicted octanol–water partition coefficient (Wildman–Crippen LogP) is 2.52. The maximum absolute atomic E-state index is 13.7. The average molecular weight is 520 g/mol. The molecule has 196 valence electrons. The van der Waals surface area contributed by atoms with Gasteiger partial charge in [0.2, 0.25) is 28.6 Å². The van der Waals surface area contributed by atoms with Crippen molar-refractivity contribution in [1.82, 2.24) is 10.2 Å². The molecule has 1 aliphatic heterocycles. The van der Waals surface area contributed by atoms with Gasteiger partial charge in [-0.1, -0.05) is 19.1 Å². The first-order chi connectivity index (χ1) is 17.0. The number of nitrogens with zero attached hydrogens (tertiary/aromatic N) is 2. The van der Waals surface area contributed by atoms with Crippen molar-refractivity contribution in [2.45, 2.75) is 45.8 Å². The van der Waals surface area contributed by atoms with Crippen LogP contribution in [0.15, 0.2) is 42.5 Å². The van der Waals surface area contributed by atoms with Gasteiger partial charge in [-0.2, -0.15) is 0 Å². The zero-order chi connectivity index (χ0) is 26.5. The van der Waals surface area contributed by atoms with E-state index < -0.39 is 28.5 Å². The Kier molecular flexibility index (Phi) is 8.67. The first-order valence-corrected chi connectivity index (χ1v) is 13.5. The highest BCUT2D eigenvalue weighted by Crippen LogP contribution is 2.36. The van der Waals surface area contributed by atoms with E-state index in [4.69, 9.17) is 14.2 Å². The number of benzene rings is 2. The lowest BCUT2D eigenvalue weighted by Crippen LogP contribution is -2.53. The van der Waals surface area contributed by atoms with Crippen molar-refractivity contribution in [3.8, 4) is 17.2 Å². The first kappa shape index (κ1) is 27.1. The summed E-state index contributed by atoms with van der Waals surface area (Å²) in [7, 11) is -2.29. The van der Waals surface area contributed by atoms with E-state index in [0.717, 1.165) is 16.1 Å². The molecule has 0 saturated carbocycles. The zero-order valence-corrected chi connectivity index (χ0v) is 22.0. The number of hydrogen-bond donors (Lipinski definition) is 1. The van der Waals surface area contributed by atoms with Crippen LogP contribution in [0, 0.1) is 0 Å². The normalized spacial score (nSPS) is 13.3. The zero-order valence-electron chi connectivity index (χ0n) is 21.2. The van der Waals surface area contributed by atoms with Gasteiger partial charge >= 0.3 is 0 Å². The maximum Gasteiger partial charge on any atom is 0.244 e. The van der Waals surface area contributed by atoms with Crippen molar-refractivity contribution in [3.63, 3.8) is 0 Å². The number of carbonyl (C=O) groups is 2. The fourth-order valence-corrected chi connectivity index (χ4v) is 4.72. The van der Waals surface area contributed by atoms with Crippen molar-refractivity contribution in [1.29, 1.82) is 0 Å². The Bertz CT molecular complexity index is 1180. The molecule has 0 unspecified atom stereocenters. The molecule has 11 heteroatoms. The van der Waals surface area contributed by atoms with Crippen molar-refractivity contribution in [3.05, 3.63) is 48.0 Å². The average Bonchev–Trinajstić information content (AvgIpc) is 3.29. The molecule has 0 fully saturated rings. The quantitative estimate of drug-likeness (QED) is 0.485. The SMILES string of the molecule is CC[C@H](C(=O)NC(C)C)N(Cc1ccc(OC)cc1)C(=O)CN(c1ccc2c(c1)OCO2)S(C)(=O)=O. The van der Waals surface area contributed by atoms with E-state index in [9.17, 15) is 18.0 Å². The Morgan fingerprint density at radius 2 is 1.75 bits per heavy atom. The van der Waals surface area contributed by atoms with Crippen LogP contribution in [0.3, 0.4) is 0 Å². The third kappa shape index (κ3) is 6.60. The van der Waals surface area contributed by atoms with Crippen LogP contribution in [0.2, 0.25) is 0 Å². The highest BCUT2D eigenvalue weighted by Gasteiger charge is 2.32. The van der Waals surface area contributed by atoms with E-state index in [1.807, 2.05) is 20.8 Å². The molecular weight excluding hydrogens is 486 g/mol. The number of hydrogen-bond acceptors (Lipinski definition) is 7. The maximum atomic E-state index is 13.7. The van der Waals surface area contributed by atoms with Crippen molar-refractivity contribution >= 4 is 27.5 Å². The van der Waals surface area contributed by atoms with Gasteiger partial charge in [-0.3, -0.25) is 13.9 Å². The standard InChI is InChI=1S/C25H33N3O7S/c1-6-21(25(30)26-17(2)3)27(14-18-7-10-20(33-4)11-8-18)24(29)15-28(36(5,31)32)19-9-12-22-23(13-19)35-16-34-22/h7-13,17,21H,6,14-16H2,1-5H3,(H,26,30)/t21-/m1/s1. The van der Waals surface area contributed by atoms with E-state index in [2.05, 4.69) is 5.32 Å². The Labute approximate surface area is 212 Å². The van der Waals surface area contributed by atoms with Crippen LogP contribution in [0.5, 0.6) is 17.2 Å². The van der Waals surface area contributed by atoms with Gasteiger partial charge in [-0.25, -0.2) is 8.42 Å². The minimum Gasteiger partial charge on any atom is -0.497 e. The van der Waals surface area contributed by atoms with Crippen LogP contribution in [-0.2, 0) is 26.2 Å². The summed E-state index contributed by atoms with van der Waals surface area (Å²) in [5, 5.41) is 2.86. The van der Waals surface area contributed by atoms with Crippen LogP contribution in [0.25, 0.3) is 0 Å². The highest BCUT2D eigenvalue weighted by molar-refractivity contribution is 7.92. The summed E-state index contributed by atoms with van der Waals surface area (Å²) in [5.41, 5.74) is 1.04. The Hall–Kier alpha value is -3.47. The van der Waals surface area contributed by atoms with Gasteiger partial charge in [0.1, 0.15) is 18.3 Å². The van der Waals surface area contributed by atoms with Gasteiger partial charge in [0, 0.05) is 18.7 Å². The minimum absolute atomic E-state index is 0.0371. The van der Waals surface area contributed by atoms with E-state index in [0.29, 0.717) is 23.7 Å². The summed E-state index contributed by atoms with van der Waals surface area (Å²) in [5.74, 6) is 0.734. The van der Waals surface area contributed by atoms with E-state index in [1.54, 1.807) is 43.5 Å². The van der Waals surface area contributed by atoms with Crippen molar-refractivity contribution in [2.24, 2.45) is 0 Å². The van der Waals surface area contributed by atoms with E-state index in [-0.39, 0.29) is 31.0 Å². The fourth-order valence-electron chi connectivity index (χ4n) is 3.88. The molecule has 0 saturated heterocycles. The molecule has 1 N–H and O–H groups in total. The van der Waals surface area contributed by atoms with Gasteiger partial charge in [0.15, 0.2) is 11.5 Å². The third-order valence-corrected chi connectivity index (χ3v) is 6.79. The van der Waals surface area contributed by atoms with E-state index >= 15 is 0 Å². The summed E-state index contributed by atoms with van der Waals surface area (Å²) >= 11 is 0. The Morgan fingerprint density at radius 1 is 1.08 bits per heavy atom. The molecule has 0 aliphatic carbocycles. The second-order valence-electron chi connectivity index (χ2n) is 8.76. The molecule has 0 spiro atoms. The van der Waals surface area contributed by atoms with Gasteiger partial charge in [0.05, 0.1) is 19.1 Å². The van der Waals surface area contributed by atoms with Crippen LogP contribution in [-0.4, -0.2) is 63.9 Å². The van der Waals surface area contributed by atoms with Crippen LogP contribution >= 0.6 is 0 Å². The number of fused-ring (bicyclic) bond motifs is 1. The molecular formula is C25H33N3O7S. The number of carbonyl (C=O) groups excluding carboxylic acids is 2. The highest BCUT2D eigenvalue weighted by atomic mass is 32.2. The number of rotatable bonds is 11. The molecule has 10 nitrogen and oxygen atoms in total. The third-order valence-electron chi connectivity index (χ3n) is 5.65. The number of anilines is 1. The van der Waals surface area contributed by atoms with Crippen LogP contribution in [0.1, 0.15) is 32.8 Å². The molecule has 36 heavy (non-hydrogen) atoms. The van der Waals surface area contributed by atoms with E-state index in [1.165, 1.54) is 11.0 Å². The summed E-state index contributed by atoms with van der Waals surface area (Å²) in [4.78, 5) is 28.1. The lowest BCUT2D eigenvalue weighted by atomic mass is 10.1. The molecule has 1 heterocycles. The Balaban J connectivity index is 1.94. The molecule has 0 aromatic heterocycles. The lowest BCUT2D eigenvalue weighted by molar-refractivity contribution is -0.140. The largest absolute Gasteiger partial charge is 0.497 e. The number of methoxy groups -OCH3 is 1. The van der Waals surface area contributed by atoms with Crippen molar-refractivity contribution in [2.75, 3.05) is 31.0 Å². The molecule has 0 bridgehead atoms. The predicted molar refractivity (Wildman–Crippen MR) is 136 cm³/mol. The monoisotopic (exact) mass is 519 g/mol. The van der Waals surface area contributed by atoms with Crippen LogP contribution in [0.4, 0.5) is 5.69 Å². The molecule has 2 aromatic carbocycles. The first-order valence-electron chi connectivity index (χ1n) is 11.6. The lowest BCUT2D eigenvalue weighted by Gasteiger charge is -2.33. The van der Waals surface area contributed by atoms with Gasteiger partial charge in [0.25, 0.3) is 0 Å². The smallest absolute Gasteiger partial charge is 0.244 e. The molecule has 1 atom stereocenters. The molecule has 1 aliphatic rings. The molecule has 3 rings (SSSR count). The van der Waals surface area contributed by atoms with Crippen molar-refractivity contribution < 1.29 is 32.2 Å². The fraction of sp³-hybridized carbons (Fsp3) is 0.440. The van der Waals surface area contributed by atoms with Crippen LogP contribution < -0.4 is 23.8 Å². The number of ether oxygens (including phenoxy) is 3. The molecule has 2 amide bonds. The van der Waals surface area contributed by atoms with Gasteiger partial charge in [-0.05, 0) is 50.1 Å². The Morgan fingerprint density at radius 3 is 2.33 bits per heavy atom. The number of sulfonamides is 1. The second-order valence-corrected chi connectivity index (χ2v) is 10.7. The summed E-state index contributed by atoms with van der Waals surface area (Å²) in [6, 6.07) is 10.9. The number of amides is 2. The molecule has 2 aromatic rings. The minimum atomic E-state index is -3.85. The number of nitrogens with one attached hydrogen (secondary N) is 1. The summed E-state index contributed by atoms with van der Waals surface area (Å²) < 4.78 is 42.3. The van der Waals surface area contributed by atoms with Gasteiger partial charge < -0.3 is 24.4 Å². The summed E-state index contributed by atoms with van der Waals surface area (Å²) in [6.45, 7) is 5.16. The van der Waals surface area contributed by atoms with Gasteiger partial charge in [-0.15, -0.1) is 0 Å². The molecule has 0 radical (unpaired) electrons. The second kappa shape index (κ2) is 11.5.